The maximum Gasteiger partial charge on any atom is 0.0954 e. The predicted molar refractivity (Wildman–Crippen MR) is 77.0 cm³/mol. The maximum atomic E-state index is 10.3. The zero-order chi connectivity index (χ0) is 15.7. The van der Waals surface area contributed by atoms with Crippen LogP contribution in [0.4, 0.5) is 0 Å². The Balaban J connectivity index is 2.13. The Morgan fingerprint density at radius 3 is 2.29 bits per heavy atom. The van der Waals surface area contributed by atoms with Crippen molar-refractivity contribution in [1.82, 2.24) is 0 Å². The van der Waals surface area contributed by atoms with Crippen molar-refractivity contribution >= 4 is 0 Å². The Labute approximate surface area is 124 Å². The average molecular weight is 304 g/mol. The number of nitrogens with two attached hydrogens (primary N) is 4. The largest absolute Gasteiger partial charge is 0.395 e. The summed E-state index contributed by atoms with van der Waals surface area (Å²) in [5.74, 6) is -0.497. The van der Waals surface area contributed by atoms with Gasteiger partial charge in [0.15, 0.2) is 0 Å². The number of ether oxygens (including phenoxy) is 1. The monoisotopic (exact) mass is 304 g/mol. The van der Waals surface area contributed by atoms with Crippen LogP contribution in [-0.2, 0) is 4.74 Å². The molecule has 0 aromatic rings. The molecule has 1 heterocycles. The summed E-state index contributed by atoms with van der Waals surface area (Å²) in [6, 6.07) is -1.75. The highest BCUT2D eigenvalue weighted by molar-refractivity contribution is 5.03. The van der Waals surface area contributed by atoms with E-state index in [9.17, 15) is 10.2 Å². The Kier molecular flexibility index (Phi) is 5.55. The van der Waals surface area contributed by atoms with Crippen molar-refractivity contribution in [3.05, 3.63) is 0 Å². The number of hydrogen-bond acceptors (Lipinski definition) is 8. The minimum absolute atomic E-state index is 0.181. The lowest BCUT2D eigenvalue weighted by molar-refractivity contribution is -0.158. The lowest BCUT2D eigenvalue weighted by Crippen LogP contribution is -2.65. The average Bonchev–Trinajstić information content (AvgIpc) is 2.46. The summed E-state index contributed by atoms with van der Waals surface area (Å²) < 4.78 is 5.91. The van der Waals surface area contributed by atoms with Crippen LogP contribution < -0.4 is 22.9 Å². The summed E-state index contributed by atoms with van der Waals surface area (Å²) in [6.07, 6.45) is -1.24. The smallest absolute Gasteiger partial charge is 0.0954 e. The summed E-state index contributed by atoms with van der Waals surface area (Å²) in [7, 11) is 0. The minimum atomic E-state index is -1.08. The van der Waals surface area contributed by atoms with Gasteiger partial charge in [0.2, 0.25) is 0 Å². The molecule has 1 saturated heterocycles. The van der Waals surface area contributed by atoms with Gasteiger partial charge in [-0.05, 0) is 19.3 Å². The fraction of sp³-hybridized carbons (Fsp3) is 1.00. The maximum absolute atomic E-state index is 10.3. The fourth-order valence-corrected chi connectivity index (χ4v) is 3.48. The van der Waals surface area contributed by atoms with Gasteiger partial charge in [-0.3, -0.25) is 0 Å². The molecule has 1 saturated carbocycles. The van der Waals surface area contributed by atoms with Crippen molar-refractivity contribution in [2.45, 2.75) is 67.8 Å². The molecule has 8 heteroatoms. The van der Waals surface area contributed by atoms with Gasteiger partial charge in [-0.25, -0.2) is 0 Å². The predicted octanol–water partition coefficient (Wildman–Crippen LogP) is -3.42. The van der Waals surface area contributed by atoms with Crippen LogP contribution in [-0.4, -0.2) is 70.5 Å². The molecule has 124 valence electrons. The van der Waals surface area contributed by atoms with E-state index in [0.29, 0.717) is 19.3 Å². The molecule has 2 fully saturated rings. The molecule has 0 aromatic carbocycles. The summed E-state index contributed by atoms with van der Waals surface area (Å²) >= 11 is 0. The Hall–Kier alpha value is -0.320. The molecule has 0 spiro atoms. The lowest BCUT2D eigenvalue weighted by Gasteiger charge is -2.48. The van der Waals surface area contributed by atoms with E-state index in [-0.39, 0.29) is 18.8 Å². The zero-order valence-corrected chi connectivity index (χ0v) is 12.1. The van der Waals surface area contributed by atoms with E-state index >= 15 is 0 Å². The molecule has 8 nitrogen and oxygen atoms in total. The van der Waals surface area contributed by atoms with Crippen LogP contribution in [0.1, 0.15) is 19.3 Å². The van der Waals surface area contributed by atoms with Gasteiger partial charge in [0.05, 0.1) is 37.1 Å². The summed E-state index contributed by atoms with van der Waals surface area (Å²) in [5, 5.41) is 29.4. The van der Waals surface area contributed by atoms with E-state index in [1.165, 1.54) is 0 Å². The number of aliphatic hydroxyl groups excluding tert-OH is 3. The van der Waals surface area contributed by atoms with E-state index in [1.54, 1.807) is 0 Å². The Bertz CT molecular complexity index is 348. The van der Waals surface area contributed by atoms with Crippen molar-refractivity contribution in [2.24, 2.45) is 28.9 Å². The Morgan fingerprint density at radius 2 is 1.67 bits per heavy atom. The van der Waals surface area contributed by atoms with Crippen LogP contribution in [0, 0.1) is 5.92 Å². The van der Waals surface area contributed by atoms with Gasteiger partial charge in [-0.1, -0.05) is 0 Å². The first-order valence-corrected chi connectivity index (χ1v) is 7.51. The third kappa shape index (κ3) is 3.38. The van der Waals surface area contributed by atoms with Crippen molar-refractivity contribution in [3.8, 4) is 0 Å². The van der Waals surface area contributed by atoms with Gasteiger partial charge < -0.3 is 43.0 Å². The number of rotatable bonds is 3. The molecule has 0 aromatic heterocycles. The van der Waals surface area contributed by atoms with Crippen molar-refractivity contribution in [3.63, 3.8) is 0 Å². The highest BCUT2D eigenvalue weighted by Crippen LogP contribution is 2.33. The summed E-state index contributed by atoms with van der Waals surface area (Å²) in [5.41, 5.74) is 23.8. The van der Waals surface area contributed by atoms with E-state index < -0.39 is 42.4 Å². The first-order chi connectivity index (χ1) is 9.86. The van der Waals surface area contributed by atoms with Gasteiger partial charge >= 0.3 is 0 Å². The van der Waals surface area contributed by atoms with Crippen LogP contribution in [0.15, 0.2) is 0 Å². The van der Waals surface area contributed by atoms with Gasteiger partial charge in [0.25, 0.3) is 0 Å². The van der Waals surface area contributed by atoms with Crippen LogP contribution in [0.5, 0.6) is 0 Å². The SMILES string of the molecule is N[C@@H]1CC[C@@H]([C@@H](N)CO)OC1[C@H]1[C@H](O)[C@@H](O)[C@H](N)C[C@@H]1N. The van der Waals surface area contributed by atoms with E-state index in [1.807, 2.05) is 0 Å². The summed E-state index contributed by atoms with van der Waals surface area (Å²) in [4.78, 5) is 0. The van der Waals surface area contributed by atoms with Gasteiger partial charge in [-0.2, -0.15) is 0 Å². The first-order valence-electron chi connectivity index (χ1n) is 7.51. The highest BCUT2D eigenvalue weighted by atomic mass is 16.5. The molecule has 2 rings (SSSR count). The van der Waals surface area contributed by atoms with Crippen molar-refractivity contribution < 1.29 is 20.1 Å². The molecular weight excluding hydrogens is 276 g/mol. The van der Waals surface area contributed by atoms with Crippen LogP contribution in [0.25, 0.3) is 0 Å². The van der Waals surface area contributed by atoms with Gasteiger partial charge in [0.1, 0.15) is 0 Å². The van der Waals surface area contributed by atoms with E-state index in [4.69, 9.17) is 32.8 Å². The molecule has 9 atom stereocenters. The molecule has 0 bridgehead atoms. The minimum Gasteiger partial charge on any atom is -0.395 e. The van der Waals surface area contributed by atoms with Crippen LogP contribution in [0.3, 0.4) is 0 Å². The second-order valence-electron chi connectivity index (χ2n) is 6.35. The zero-order valence-electron chi connectivity index (χ0n) is 12.1. The molecule has 1 aliphatic heterocycles. The van der Waals surface area contributed by atoms with E-state index in [0.717, 1.165) is 0 Å². The highest BCUT2D eigenvalue weighted by Gasteiger charge is 2.48. The third-order valence-corrected chi connectivity index (χ3v) is 4.83. The molecule has 1 unspecified atom stereocenters. The Morgan fingerprint density at radius 1 is 1.00 bits per heavy atom. The molecule has 0 radical (unpaired) electrons. The van der Waals surface area contributed by atoms with Gasteiger partial charge in [0, 0.05) is 24.0 Å². The molecule has 21 heavy (non-hydrogen) atoms. The topological polar surface area (TPSA) is 174 Å². The fourth-order valence-electron chi connectivity index (χ4n) is 3.48. The molecule has 0 amide bonds. The van der Waals surface area contributed by atoms with Crippen LogP contribution >= 0.6 is 0 Å². The summed E-state index contributed by atoms with van der Waals surface area (Å²) in [6.45, 7) is -0.181. The number of hydrogen-bond donors (Lipinski definition) is 7. The van der Waals surface area contributed by atoms with Gasteiger partial charge in [-0.15, -0.1) is 0 Å². The molecule has 11 N–H and O–H groups in total. The van der Waals surface area contributed by atoms with Crippen LogP contribution in [0.2, 0.25) is 0 Å². The number of aliphatic hydroxyl groups is 3. The standard InChI is InChI=1S/C13H28N4O4/c14-5-1-2-9(8(17)4-18)21-13(5)10-6(15)3-7(16)11(19)12(10)20/h5-13,18-20H,1-4,14-17H2/t5-,6+,7-,8+,9+,10-,11+,12+,13?/m1/s1. The normalized spacial score (nSPS) is 49.9. The molecule has 1 aliphatic carbocycles. The second-order valence-corrected chi connectivity index (χ2v) is 6.35. The van der Waals surface area contributed by atoms with Crippen molar-refractivity contribution in [1.29, 1.82) is 0 Å². The quantitative estimate of drug-likeness (QED) is 0.282. The van der Waals surface area contributed by atoms with Crippen molar-refractivity contribution in [2.75, 3.05) is 6.61 Å². The lowest BCUT2D eigenvalue weighted by atomic mass is 9.72. The van der Waals surface area contributed by atoms with E-state index in [2.05, 4.69) is 0 Å². The second kappa shape index (κ2) is 6.84. The molecular formula is C13H28N4O4. The first kappa shape index (κ1) is 17.0. The molecule has 2 aliphatic rings. The third-order valence-electron chi connectivity index (χ3n) is 4.83.